The Morgan fingerprint density at radius 3 is 2.56 bits per heavy atom. The minimum atomic E-state index is -0.970. The zero-order chi connectivity index (χ0) is 13.4. The van der Waals surface area contributed by atoms with Crippen LogP contribution < -0.4 is 10.6 Å². The Morgan fingerprint density at radius 1 is 1.33 bits per heavy atom. The first-order valence-corrected chi connectivity index (χ1v) is 7.81. The van der Waals surface area contributed by atoms with Gasteiger partial charge in [0.2, 0.25) is 0 Å². The van der Waals surface area contributed by atoms with E-state index in [0.29, 0.717) is 6.42 Å². The van der Waals surface area contributed by atoms with Crippen LogP contribution in [0.3, 0.4) is 0 Å². The number of carbonyl (C=O) groups excluding carboxylic acids is 1. The fourth-order valence-electron chi connectivity index (χ4n) is 2.13. The molecule has 0 aromatic carbocycles. The summed E-state index contributed by atoms with van der Waals surface area (Å²) in [5, 5.41) is 14.4. The molecule has 0 aromatic heterocycles. The molecule has 2 amide bonds. The van der Waals surface area contributed by atoms with Gasteiger partial charge in [-0.25, -0.2) is 9.59 Å². The number of rotatable bonds is 6. The molecule has 0 spiro atoms. The highest BCUT2D eigenvalue weighted by atomic mass is 32.2. The molecule has 1 aliphatic rings. The van der Waals surface area contributed by atoms with Crippen molar-refractivity contribution >= 4 is 23.8 Å². The van der Waals surface area contributed by atoms with Crippen molar-refractivity contribution in [3.63, 3.8) is 0 Å². The van der Waals surface area contributed by atoms with Gasteiger partial charge in [-0.2, -0.15) is 11.8 Å². The Morgan fingerprint density at radius 2 is 2.00 bits per heavy atom. The second-order valence-corrected chi connectivity index (χ2v) is 5.61. The van der Waals surface area contributed by atoms with Crippen molar-refractivity contribution in [3.05, 3.63) is 0 Å². The van der Waals surface area contributed by atoms with E-state index in [2.05, 4.69) is 10.6 Å². The normalized spacial score (nSPS) is 18.1. The van der Waals surface area contributed by atoms with Crippen molar-refractivity contribution in [1.29, 1.82) is 0 Å². The van der Waals surface area contributed by atoms with Gasteiger partial charge in [0.1, 0.15) is 6.04 Å². The average molecular weight is 274 g/mol. The van der Waals surface area contributed by atoms with Gasteiger partial charge < -0.3 is 15.7 Å². The molecule has 104 valence electrons. The summed E-state index contributed by atoms with van der Waals surface area (Å²) in [6.07, 6.45) is 7.87. The van der Waals surface area contributed by atoms with E-state index in [0.717, 1.165) is 31.4 Å². The summed E-state index contributed by atoms with van der Waals surface area (Å²) in [7, 11) is 0. The fraction of sp³-hybridized carbons (Fsp3) is 0.833. The van der Waals surface area contributed by atoms with Crippen molar-refractivity contribution in [2.24, 2.45) is 0 Å². The molecule has 0 bridgehead atoms. The molecule has 1 saturated carbocycles. The molecule has 1 rings (SSSR count). The van der Waals surface area contributed by atoms with Crippen LogP contribution >= 0.6 is 11.8 Å². The third-order valence-electron chi connectivity index (χ3n) is 3.15. The number of urea groups is 1. The molecule has 0 heterocycles. The first kappa shape index (κ1) is 15.1. The van der Waals surface area contributed by atoms with E-state index >= 15 is 0 Å². The summed E-state index contributed by atoms with van der Waals surface area (Å²) in [6, 6.07) is -0.940. The molecule has 3 N–H and O–H groups in total. The number of hydrogen-bond acceptors (Lipinski definition) is 3. The van der Waals surface area contributed by atoms with E-state index < -0.39 is 12.0 Å². The van der Waals surface area contributed by atoms with Crippen LogP contribution in [-0.2, 0) is 4.79 Å². The summed E-state index contributed by atoms with van der Waals surface area (Å²) in [5.74, 6) is -0.247. The number of nitrogens with one attached hydrogen (secondary N) is 2. The lowest BCUT2D eigenvalue weighted by molar-refractivity contribution is -0.139. The summed E-state index contributed by atoms with van der Waals surface area (Å²) >= 11 is 1.58. The predicted octanol–water partition coefficient (Wildman–Crippen LogP) is 1.82. The van der Waals surface area contributed by atoms with E-state index in [1.54, 1.807) is 11.8 Å². The van der Waals surface area contributed by atoms with Crippen LogP contribution in [0.5, 0.6) is 0 Å². The van der Waals surface area contributed by atoms with Gasteiger partial charge in [0.05, 0.1) is 0 Å². The molecule has 18 heavy (non-hydrogen) atoms. The first-order chi connectivity index (χ1) is 8.63. The zero-order valence-corrected chi connectivity index (χ0v) is 11.6. The molecular weight excluding hydrogens is 252 g/mol. The third kappa shape index (κ3) is 5.62. The molecule has 1 fully saturated rings. The van der Waals surface area contributed by atoms with Gasteiger partial charge in [-0.1, -0.05) is 19.3 Å². The maximum atomic E-state index is 11.7. The van der Waals surface area contributed by atoms with E-state index in [-0.39, 0.29) is 12.1 Å². The molecule has 0 saturated heterocycles. The maximum absolute atomic E-state index is 11.7. The Bertz CT molecular complexity index is 280. The van der Waals surface area contributed by atoms with Gasteiger partial charge in [0, 0.05) is 6.04 Å². The predicted molar refractivity (Wildman–Crippen MR) is 73.0 cm³/mol. The summed E-state index contributed by atoms with van der Waals surface area (Å²) in [4.78, 5) is 22.7. The maximum Gasteiger partial charge on any atom is 0.326 e. The molecule has 0 radical (unpaired) electrons. The van der Waals surface area contributed by atoms with Crippen LogP contribution in [0.25, 0.3) is 0 Å². The molecule has 5 nitrogen and oxygen atoms in total. The third-order valence-corrected chi connectivity index (χ3v) is 3.80. The lowest BCUT2D eigenvalue weighted by atomic mass is 9.96. The number of hydrogen-bond donors (Lipinski definition) is 3. The fourth-order valence-corrected chi connectivity index (χ4v) is 2.60. The quantitative estimate of drug-likeness (QED) is 0.690. The van der Waals surface area contributed by atoms with Gasteiger partial charge in [-0.15, -0.1) is 0 Å². The summed E-state index contributed by atoms with van der Waals surface area (Å²) in [5.41, 5.74) is 0. The van der Waals surface area contributed by atoms with Crippen LogP contribution in [-0.4, -0.2) is 41.2 Å². The van der Waals surface area contributed by atoms with Crippen LogP contribution in [0, 0.1) is 0 Å². The van der Waals surface area contributed by atoms with Crippen LogP contribution in [0.4, 0.5) is 4.79 Å². The van der Waals surface area contributed by atoms with E-state index in [4.69, 9.17) is 5.11 Å². The Labute approximate surface area is 112 Å². The van der Waals surface area contributed by atoms with Crippen LogP contribution in [0.2, 0.25) is 0 Å². The molecule has 0 aromatic rings. The highest BCUT2D eigenvalue weighted by molar-refractivity contribution is 7.98. The van der Waals surface area contributed by atoms with Gasteiger partial charge in [-0.05, 0) is 31.3 Å². The van der Waals surface area contributed by atoms with Gasteiger partial charge >= 0.3 is 12.0 Å². The Hall–Kier alpha value is -0.910. The molecular formula is C12H22N2O3S. The van der Waals surface area contributed by atoms with Gasteiger partial charge in [0.15, 0.2) is 0 Å². The SMILES string of the molecule is CSCC[C@@H](NC(=O)NC1CCCCC1)C(=O)O. The molecule has 1 atom stereocenters. The first-order valence-electron chi connectivity index (χ1n) is 6.42. The van der Waals surface area contributed by atoms with E-state index in [9.17, 15) is 9.59 Å². The number of carbonyl (C=O) groups is 2. The molecule has 0 aliphatic heterocycles. The lowest BCUT2D eigenvalue weighted by Gasteiger charge is -2.24. The monoisotopic (exact) mass is 274 g/mol. The minimum Gasteiger partial charge on any atom is -0.480 e. The Balaban J connectivity index is 2.32. The highest BCUT2D eigenvalue weighted by Crippen LogP contribution is 2.17. The average Bonchev–Trinajstić information content (AvgIpc) is 2.35. The number of amides is 2. The highest BCUT2D eigenvalue weighted by Gasteiger charge is 2.21. The molecule has 0 unspecified atom stereocenters. The largest absolute Gasteiger partial charge is 0.480 e. The number of thioether (sulfide) groups is 1. The summed E-state index contributed by atoms with van der Waals surface area (Å²) in [6.45, 7) is 0. The smallest absolute Gasteiger partial charge is 0.326 e. The Kier molecular flexibility index (Phi) is 6.93. The number of carboxylic acids is 1. The number of carboxylic acid groups (broad SMARTS) is 1. The van der Waals surface area contributed by atoms with Crippen LogP contribution in [0.1, 0.15) is 38.5 Å². The van der Waals surface area contributed by atoms with E-state index in [1.807, 2.05) is 6.26 Å². The second-order valence-electron chi connectivity index (χ2n) is 4.63. The van der Waals surface area contributed by atoms with Crippen molar-refractivity contribution in [2.75, 3.05) is 12.0 Å². The van der Waals surface area contributed by atoms with Gasteiger partial charge in [0.25, 0.3) is 0 Å². The minimum absolute atomic E-state index is 0.203. The zero-order valence-electron chi connectivity index (χ0n) is 10.8. The van der Waals surface area contributed by atoms with Crippen molar-refractivity contribution < 1.29 is 14.7 Å². The molecule has 1 aliphatic carbocycles. The van der Waals surface area contributed by atoms with E-state index in [1.165, 1.54) is 6.42 Å². The van der Waals surface area contributed by atoms with Crippen molar-refractivity contribution in [2.45, 2.75) is 50.6 Å². The molecule has 6 heteroatoms. The summed E-state index contributed by atoms with van der Waals surface area (Å²) < 4.78 is 0. The lowest BCUT2D eigenvalue weighted by Crippen LogP contribution is -2.49. The van der Waals surface area contributed by atoms with Crippen molar-refractivity contribution in [3.8, 4) is 0 Å². The van der Waals surface area contributed by atoms with Crippen LogP contribution in [0.15, 0.2) is 0 Å². The topological polar surface area (TPSA) is 78.4 Å². The van der Waals surface area contributed by atoms with Gasteiger partial charge in [-0.3, -0.25) is 0 Å². The second kappa shape index (κ2) is 8.24. The van der Waals surface area contributed by atoms with Crippen molar-refractivity contribution in [1.82, 2.24) is 10.6 Å². The standard InChI is InChI=1S/C12H22N2O3S/c1-18-8-7-10(11(15)16)14-12(17)13-9-5-3-2-4-6-9/h9-10H,2-8H2,1H3,(H,15,16)(H2,13,14,17)/t10-/m1/s1. The number of aliphatic carboxylic acids is 1.